The van der Waals surface area contributed by atoms with Crippen LogP contribution < -0.4 is 5.32 Å². The van der Waals surface area contributed by atoms with Crippen molar-refractivity contribution < 1.29 is 4.79 Å². The van der Waals surface area contributed by atoms with E-state index in [9.17, 15) is 4.79 Å². The molecule has 1 saturated heterocycles. The minimum absolute atomic E-state index is 0.0116. The van der Waals surface area contributed by atoms with Crippen LogP contribution in [-0.2, 0) is 13.1 Å². The molecular formula is C21H31N5O. The summed E-state index contributed by atoms with van der Waals surface area (Å²) in [6.07, 6.45) is 1.69. The molecule has 1 aliphatic rings. The van der Waals surface area contributed by atoms with Gasteiger partial charge in [0.1, 0.15) is 0 Å². The standard InChI is InChI=1S/C21H31N5O/c1-5-26-16(2)19(11-22-26)21(27)23-20-15-25(14-18(20)13-24(3)4)12-17-9-7-6-8-10-17/h6-11,18,20H,5,12-15H2,1-4H3,(H,23,27)/t18-,20-/m1/s1. The summed E-state index contributed by atoms with van der Waals surface area (Å²) in [5, 5.41) is 7.59. The van der Waals surface area contributed by atoms with Crippen molar-refractivity contribution in [3.8, 4) is 0 Å². The second kappa shape index (κ2) is 8.67. The van der Waals surface area contributed by atoms with E-state index in [4.69, 9.17) is 0 Å². The summed E-state index contributed by atoms with van der Waals surface area (Å²) in [5.74, 6) is 0.400. The highest BCUT2D eigenvalue weighted by atomic mass is 16.1. The van der Waals surface area contributed by atoms with Crippen LogP contribution in [-0.4, -0.2) is 65.3 Å². The molecule has 2 aromatic rings. The lowest BCUT2D eigenvalue weighted by atomic mass is 10.0. The molecule has 1 aromatic carbocycles. The number of nitrogens with one attached hydrogen (secondary N) is 1. The van der Waals surface area contributed by atoms with Crippen LogP contribution in [0.15, 0.2) is 36.5 Å². The Morgan fingerprint density at radius 1 is 1.26 bits per heavy atom. The minimum atomic E-state index is -0.0116. The number of nitrogens with zero attached hydrogens (tertiary/aromatic N) is 4. The van der Waals surface area contributed by atoms with Crippen molar-refractivity contribution in [2.24, 2.45) is 5.92 Å². The Labute approximate surface area is 162 Å². The fraction of sp³-hybridized carbons (Fsp3) is 0.524. The van der Waals surface area contributed by atoms with E-state index in [1.165, 1.54) is 5.56 Å². The van der Waals surface area contributed by atoms with Crippen molar-refractivity contribution >= 4 is 5.91 Å². The van der Waals surface area contributed by atoms with Gasteiger partial charge in [0.05, 0.1) is 11.8 Å². The van der Waals surface area contributed by atoms with Crippen molar-refractivity contribution in [1.82, 2.24) is 24.9 Å². The first-order valence-electron chi connectivity index (χ1n) is 9.72. The van der Waals surface area contributed by atoms with Gasteiger partial charge >= 0.3 is 0 Å². The molecular weight excluding hydrogens is 338 g/mol. The third-order valence-corrected chi connectivity index (χ3v) is 5.33. The van der Waals surface area contributed by atoms with Crippen molar-refractivity contribution in [2.45, 2.75) is 33.0 Å². The van der Waals surface area contributed by atoms with Gasteiger partial charge in [-0.3, -0.25) is 14.4 Å². The predicted octanol–water partition coefficient (Wildman–Crippen LogP) is 2.00. The molecule has 0 aliphatic carbocycles. The molecule has 27 heavy (non-hydrogen) atoms. The third-order valence-electron chi connectivity index (χ3n) is 5.33. The van der Waals surface area contributed by atoms with E-state index in [1.807, 2.05) is 24.6 Å². The lowest BCUT2D eigenvalue weighted by molar-refractivity contribution is 0.0926. The smallest absolute Gasteiger partial charge is 0.255 e. The molecule has 0 spiro atoms. The lowest BCUT2D eigenvalue weighted by Gasteiger charge is -2.23. The molecule has 1 aromatic heterocycles. The monoisotopic (exact) mass is 369 g/mol. The van der Waals surface area contributed by atoms with Crippen LogP contribution >= 0.6 is 0 Å². The van der Waals surface area contributed by atoms with Crippen LogP contribution in [0.1, 0.15) is 28.5 Å². The Morgan fingerprint density at radius 2 is 2.00 bits per heavy atom. The summed E-state index contributed by atoms with van der Waals surface area (Å²) in [5.41, 5.74) is 2.92. The molecule has 146 valence electrons. The Kier molecular flexibility index (Phi) is 6.29. The highest BCUT2D eigenvalue weighted by Gasteiger charge is 2.34. The Bertz CT molecular complexity index is 755. The van der Waals surface area contributed by atoms with Crippen LogP contribution in [0.5, 0.6) is 0 Å². The summed E-state index contributed by atoms with van der Waals surface area (Å²) < 4.78 is 1.86. The van der Waals surface area contributed by atoms with Gasteiger partial charge in [0.2, 0.25) is 0 Å². The Balaban J connectivity index is 1.69. The molecule has 1 amide bonds. The van der Waals surface area contributed by atoms with E-state index in [-0.39, 0.29) is 11.9 Å². The molecule has 6 nitrogen and oxygen atoms in total. The van der Waals surface area contributed by atoms with E-state index in [2.05, 4.69) is 58.6 Å². The maximum atomic E-state index is 12.9. The highest BCUT2D eigenvalue weighted by molar-refractivity contribution is 5.95. The van der Waals surface area contributed by atoms with E-state index < -0.39 is 0 Å². The van der Waals surface area contributed by atoms with E-state index in [0.29, 0.717) is 11.5 Å². The fourth-order valence-electron chi connectivity index (χ4n) is 3.98. The zero-order chi connectivity index (χ0) is 19.4. The normalized spacial score (nSPS) is 20.3. The van der Waals surface area contributed by atoms with Crippen molar-refractivity contribution in [1.29, 1.82) is 0 Å². The first-order valence-corrected chi connectivity index (χ1v) is 9.72. The molecule has 3 rings (SSSR count). The number of carbonyl (C=O) groups is 1. The SMILES string of the molecule is CCn1ncc(C(=O)N[C@@H]2CN(Cc3ccccc3)C[C@H]2CN(C)C)c1C. The van der Waals surface area contributed by atoms with E-state index in [1.54, 1.807) is 6.20 Å². The number of hydrogen-bond acceptors (Lipinski definition) is 4. The van der Waals surface area contributed by atoms with Crippen LogP contribution in [0.2, 0.25) is 0 Å². The van der Waals surface area contributed by atoms with E-state index in [0.717, 1.165) is 38.4 Å². The average Bonchev–Trinajstić information content (AvgIpc) is 3.18. The number of likely N-dealkylation sites (tertiary alicyclic amines) is 1. The minimum Gasteiger partial charge on any atom is -0.348 e. The van der Waals surface area contributed by atoms with Crippen LogP contribution in [0.25, 0.3) is 0 Å². The maximum absolute atomic E-state index is 12.9. The number of rotatable bonds is 7. The van der Waals surface area contributed by atoms with Gasteiger partial charge in [0.25, 0.3) is 5.91 Å². The number of carbonyl (C=O) groups excluding carboxylic acids is 1. The van der Waals surface area contributed by atoms with Crippen molar-refractivity contribution in [3.05, 3.63) is 53.3 Å². The average molecular weight is 370 g/mol. The molecule has 0 unspecified atom stereocenters. The van der Waals surface area contributed by atoms with Crippen LogP contribution in [0.3, 0.4) is 0 Å². The van der Waals surface area contributed by atoms with Gasteiger partial charge in [-0.05, 0) is 33.5 Å². The molecule has 0 radical (unpaired) electrons. The quantitative estimate of drug-likeness (QED) is 0.811. The van der Waals surface area contributed by atoms with Gasteiger partial charge in [0.15, 0.2) is 0 Å². The number of amides is 1. The summed E-state index contributed by atoms with van der Waals surface area (Å²) >= 11 is 0. The first kappa shape index (κ1) is 19.6. The van der Waals surface area contributed by atoms with Crippen LogP contribution in [0, 0.1) is 12.8 Å². The molecule has 2 atom stereocenters. The molecule has 2 heterocycles. The summed E-state index contributed by atoms with van der Waals surface area (Å²) in [7, 11) is 4.18. The zero-order valence-corrected chi connectivity index (χ0v) is 16.9. The molecule has 0 bridgehead atoms. The van der Waals surface area contributed by atoms with Gasteiger partial charge in [-0.25, -0.2) is 0 Å². The highest BCUT2D eigenvalue weighted by Crippen LogP contribution is 2.21. The fourth-order valence-corrected chi connectivity index (χ4v) is 3.98. The van der Waals surface area contributed by atoms with Crippen molar-refractivity contribution in [2.75, 3.05) is 33.7 Å². The lowest BCUT2D eigenvalue weighted by Crippen LogP contribution is -2.43. The van der Waals surface area contributed by atoms with Gasteiger partial charge in [-0.2, -0.15) is 5.10 Å². The molecule has 1 fully saturated rings. The van der Waals surface area contributed by atoms with Gasteiger partial charge in [0, 0.05) is 50.4 Å². The largest absolute Gasteiger partial charge is 0.348 e. The van der Waals surface area contributed by atoms with Crippen LogP contribution in [0.4, 0.5) is 0 Å². The Hall–Kier alpha value is -2.18. The zero-order valence-electron chi connectivity index (χ0n) is 16.9. The maximum Gasteiger partial charge on any atom is 0.255 e. The van der Waals surface area contributed by atoms with Gasteiger partial charge in [-0.15, -0.1) is 0 Å². The van der Waals surface area contributed by atoms with Gasteiger partial charge in [-0.1, -0.05) is 30.3 Å². The number of aryl methyl sites for hydroxylation is 1. The second-order valence-electron chi connectivity index (χ2n) is 7.74. The van der Waals surface area contributed by atoms with E-state index >= 15 is 0 Å². The summed E-state index contributed by atoms with van der Waals surface area (Å²) in [6, 6.07) is 10.7. The number of hydrogen-bond donors (Lipinski definition) is 1. The van der Waals surface area contributed by atoms with Gasteiger partial charge < -0.3 is 10.2 Å². The third kappa shape index (κ3) is 4.76. The summed E-state index contributed by atoms with van der Waals surface area (Å²) in [6.45, 7) is 8.52. The molecule has 1 aliphatic heterocycles. The summed E-state index contributed by atoms with van der Waals surface area (Å²) in [4.78, 5) is 17.5. The predicted molar refractivity (Wildman–Crippen MR) is 108 cm³/mol. The molecule has 1 N–H and O–H groups in total. The first-order chi connectivity index (χ1) is 13.0. The number of benzene rings is 1. The topological polar surface area (TPSA) is 53.4 Å². The second-order valence-corrected chi connectivity index (χ2v) is 7.74. The molecule has 0 saturated carbocycles. The number of aromatic nitrogens is 2. The van der Waals surface area contributed by atoms with Crippen molar-refractivity contribution in [3.63, 3.8) is 0 Å². The Morgan fingerprint density at radius 3 is 2.63 bits per heavy atom. The molecule has 6 heteroatoms.